The highest BCUT2D eigenvalue weighted by atomic mass is 35.5. The lowest BCUT2D eigenvalue weighted by Crippen LogP contribution is -2.55. The third-order valence-corrected chi connectivity index (χ3v) is 9.77. The molecule has 14 nitrogen and oxygen atoms in total. The highest BCUT2D eigenvalue weighted by Gasteiger charge is 2.49. The summed E-state index contributed by atoms with van der Waals surface area (Å²) in [7, 11) is 0. The van der Waals surface area contributed by atoms with E-state index in [-0.39, 0.29) is 60.5 Å². The summed E-state index contributed by atoms with van der Waals surface area (Å²) in [6.45, 7) is 2.01. The number of rotatable bonds is 7. The van der Waals surface area contributed by atoms with Gasteiger partial charge in [-0.1, -0.05) is 24.3 Å². The van der Waals surface area contributed by atoms with Crippen molar-refractivity contribution < 1.29 is 64.0 Å². The number of hydrogen-bond donors (Lipinski definition) is 7. The van der Waals surface area contributed by atoms with Gasteiger partial charge in [0.2, 0.25) is 0 Å². The lowest BCUT2D eigenvalue weighted by Gasteiger charge is -2.43. The van der Waals surface area contributed by atoms with Gasteiger partial charge in [-0.05, 0) is 20.3 Å². The van der Waals surface area contributed by atoms with Crippen LogP contribution in [0.1, 0.15) is 82.0 Å². The minimum Gasteiger partial charge on any atom is -0.507 e. The lowest BCUT2D eigenvalue weighted by atomic mass is 9.69. The van der Waals surface area contributed by atoms with Gasteiger partial charge in [-0.15, -0.1) is 12.4 Å². The van der Waals surface area contributed by atoms with Gasteiger partial charge in [0.15, 0.2) is 29.9 Å². The van der Waals surface area contributed by atoms with Gasteiger partial charge in [0, 0.05) is 53.5 Å². The second kappa shape index (κ2) is 13.7. The van der Waals surface area contributed by atoms with Gasteiger partial charge >= 0.3 is 0 Å². The first-order valence-corrected chi connectivity index (χ1v) is 15.6. The van der Waals surface area contributed by atoms with E-state index in [0.717, 1.165) is 0 Å². The molecular formula is C33H40ClNO13. The number of ketones is 3. The third-order valence-electron chi connectivity index (χ3n) is 9.77. The number of carbonyl (C=O) groups is 3. The van der Waals surface area contributed by atoms with Crippen molar-refractivity contribution in [2.75, 3.05) is 13.2 Å². The Morgan fingerprint density at radius 1 is 0.979 bits per heavy atom. The number of phenolic OH excluding ortho intramolecular Hbond substituents is 2. The van der Waals surface area contributed by atoms with E-state index in [4.69, 9.17) is 24.7 Å². The van der Waals surface area contributed by atoms with Crippen LogP contribution in [0.4, 0.5) is 0 Å². The molecule has 2 heterocycles. The van der Waals surface area contributed by atoms with Gasteiger partial charge in [-0.2, -0.15) is 0 Å². The highest BCUT2D eigenvalue weighted by molar-refractivity contribution is 6.30. The van der Waals surface area contributed by atoms with Gasteiger partial charge in [0.1, 0.15) is 29.8 Å². The zero-order chi connectivity index (χ0) is 33.9. The van der Waals surface area contributed by atoms with E-state index in [1.165, 1.54) is 12.1 Å². The molecule has 0 bridgehead atoms. The predicted octanol–water partition coefficient (Wildman–Crippen LogP) is 0.338. The number of aliphatic hydroxyl groups is 4. The fraction of sp³-hybridized carbons (Fsp3) is 0.545. The van der Waals surface area contributed by atoms with Crippen molar-refractivity contribution in [2.45, 2.75) is 100 Å². The second-order valence-electron chi connectivity index (χ2n) is 12.9. The third kappa shape index (κ3) is 6.15. The molecule has 2 aliphatic carbocycles. The lowest BCUT2D eigenvalue weighted by molar-refractivity contribution is -0.304. The van der Waals surface area contributed by atoms with Crippen LogP contribution < -0.4 is 5.73 Å². The fourth-order valence-corrected chi connectivity index (χ4v) is 7.28. The molecule has 0 radical (unpaired) electrons. The molecule has 4 aliphatic rings. The number of ether oxygens (including phenoxy) is 4. The first-order chi connectivity index (χ1) is 22.2. The Bertz CT molecular complexity index is 1580. The van der Waals surface area contributed by atoms with E-state index in [9.17, 15) is 45.0 Å². The van der Waals surface area contributed by atoms with Crippen molar-refractivity contribution in [3.8, 4) is 11.5 Å². The fourth-order valence-electron chi connectivity index (χ4n) is 7.28. The monoisotopic (exact) mass is 693 g/mol. The van der Waals surface area contributed by atoms with E-state index in [1.807, 2.05) is 0 Å². The number of nitrogens with two attached hydrogens (primary N) is 1. The maximum atomic E-state index is 13.5. The molecule has 0 spiro atoms. The molecule has 2 fully saturated rings. The summed E-state index contributed by atoms with van der Waals surface area (Å²) in [6, 6.07) is 5.42. The maximum absolute atomic E-state index is 13.5. The highest BCUT2D eigenvalue weighted by Crippen LogP contribution is 2.51. The first-order valence-electron chi connectivity index (χ1n) is 15.6. The minimum atomic E-state index is -2.20. The molecule has 2 aromatic rings. The molecular weight excluding hydrogens is 654 g/mol. The molecule has 3 unspecified atom stereocenters. The van der Waals surface area contributed by atoms with Gasteiger partial charge in [0.05, 0.1) is 42.1 Å². The Balaban J connectivity index is 0.00000451. The molecule has 2 aromatic carbocycles. The molecule has 6 rings (SSSR count). The Hall–Kier alpha value is -3.02. The number of aromatic hydroxyl groups is 2. The van der Waals surface area contributed by atoms with E-state index in [1.54, 1.807) is 26.0 Å². The van der Waals surface area contributed by atoms with Gasteiger partial charge in [-0.25, -0.2) is 0 Å². The van der Waals surface area contributed by atoms with Crippen molar-refractivity contribution in [3.05, 3.63) is 57.6 Å². The summed E-state index contributed by atoms with van der Waals surface area (Å²) in [5.41, 5.74) is 2.96. The Labute approximate surface area is 281 Å². The van der Waals surface area contributed by atoms with Crippen LogP contribution >= 0.6 is 12.4 Å². The summed E-state index contributed by atoms with van der Waals surface area (Å²) in [5.74, 6) is -4.58. The van der Waals surface area contributed by atoms with E-state index in [0.29, 0.717) is 0 Å². The van der Waals surface area contributed by atoms with Crippen LogP contribution in [0.2, 0.25) is 0 Å². The molecule has 0 saturated carbocycles. The number of hydrogen-bond acceptors (Lipinski definition) is 14. The van der Waals surface area contributed by atoms with Crippen molar-refractivity contribution in [1.82, 2.24) is 0 Å². The first kappa shape index (κ1) is 36.3. The Kier molecular flexibility index (Phi) is 10.4. The molecule has 0 aromatic heterocycles. The Morgan fingerprint density at radius 2 is 1.58 bits per heavy atom. The number of Topliss-reactive ketones (excluding diaryl/α,β-unsaturated/α-hetero) is 1. The maximum Gasteiger partial charge on any atom is 0.198 e. The molecule has 48 heavy (non-hydrogen) atoms. The zero-order valence-electron chi connectivity index (χ0n) is 26.3. The van der Waals surface area contributed by atoms with Crippen molar-refractivity contribution in [1.29, 1.82) is 0 Å². The number of phenols is 2. The quantitative estimate of drug-likeness (QED) is 0.165. The molecule has 262 valence electrons. The normalized spacial score (nSPS) is 34.4. The van der Waals surface area contributed by atoms with Crippen LogP contribution in [0.5, 0.6) is 11.5 Å². The molecule has 2 aliphatic heterocycles. The summed E-state index contributed by atoms with van der Waals surface area (Å²) in [6.07, 6.45) is -6.57. The van der Waals surface area contributed by atoms with Crippen LogP contribution in [0.25, 0.3) is 0 Å². The summed E-state index contributed by atoms with van der Waals surface area (Å²) >= 11 is 0. The number of fused-ring (bicyclic) bond motifs is 3. The summed E-state index contributed by atoms with van der Waals surface area (Å²) < 4.78 is 23.6. The molecule has 10 atom stereocenters. The van der Waals surface area contributed by atoms with Crippen molar-refractivity contribution in [2.24, 2.45) is 5.73 Å². The van der Waals surface area contributed by atoms with Crippen LogP contribution in [0, 0.1) is 0 Å². The average molecular weight is 694 g/mol. The van der Waals surface area contributed by atoms with Crippen LogP contribution in [0.15, 0.2) is 24.3 Å². The van der Waals surface area contributed by atoms with Crippen LogP contribution in [-0.2, 0) is 30.2 Å². The van der Waals surface area contributed by atoms with Crippen molar-refractivity contribution >= 4 is 29.8 Å². The topological polar surface area (TPSA) is 236 Å². The average Bonchev–Trinajstić information content (AvgIpc) is 3.04. The van der Waals surface area contributed by atoms with Crippen LogP contribution in [0.3, 0.4) is 0 Å². The van der Waals surface area contributed by atoms with Gasteiger partial charge in [-0.3, -0.25) is 14.4 Å². The zero-order valence-corrected chi connectivity index (χ0v) is 27.1. The standard InChI is InChI=1S/C33H39NO13.ClH/c1-13-27(38)19(34)7-23(45-13)47-32-14(2)46-22(8-20(32)36)44-12-15-9-33(43,21(37)11-35)10-18-24(15)31(42)26-25(30(18)41)28(39)16-5-3-4-6-17(16)29(26)40;/h3-6,13-15,19-20,22-23,27,32,35-36,38,41-43H,7-12,34H2,1-2H3;1H/t13-,14-,15+,19-,20-,22?,23?,27-,32?,33+;/m0./s1. The van der Waals surface area contributed by atoms with Gasteiger partial charge < -0.3 is 55.3 Å². The molecule has 2 saturated heterocycles. The largest absolute Gasteiger partial charge is 0.507 e. The number of benzene rings is 2. The smallest absolute Gasteiger partial charge is 0.198 e. The minimum absolute atomic E-state index is 0. The number of aliphatic hydroxyl groups excluding tert-OH is 3. The second-order valence-corrected chi connectivity index (χ2v) is 12.9. The molecule has 15 heteroatoms. The van der Waals surface area contributed by atoms with Crippen molar-refractivity contribution in [3.63, 3.8) is 0 Å². The van der Waals surface area contributed by atoms with E-state index >= 15 is 0 Å². The molecule has 0 amide bonds. The number of carbonyl (C=O) groups excluding carboxylic acids is 3. The summed E-state index contributed by atoms with van der Waals surface area (Å²) in [4.78, 5) is 39.7. The Morgan fingerprint density at radius 3 is 2.17 bits per heavy atom. The van der Waals surface area contributed by atoms with Crippen LogP contribution in [-0.4, -0.2) is 116 Å². The van der Waals surface area contributed by atoms with E-state index in [2.05, 4.69) is 0 Å². The summed E-state index contributed by atoms with van der Waals surface area (Å²) in [5, 5.41) is 65.0. The predicted molar refractivity (Wildman–Crippen MR) is 167 cm³/mol. The SMILES string of the molecule is C[C@@H]1OC(OC[C@H]2C[C@](O)(C(=O)CO)Cc3c(O)c4c(c(O)c32)C(=O)c2ccccc2C4=O)C[C@H](O)C1OC1C[C@H](N)[C@@H](O)[C@H](C)O1.Cl. The molecule has 8 N–H and O–H groups in total. The van der Waals surface area contributed by atoms with E-state index < -0.39 is 114 Å². The number of halogens is 1. The van der Waals surface area contributed by atoms with Gasteiger partial charge in [0.25, 0.3) is 0 Å².